The molecule has 0 saturated heterocycles. The molecule has 1 heterocycles. The van der Waals surface area contributed by atoms with Gasteiger partial charge in [0.05, 0.1) is 5.56 Å². The van der Waals surface area contributed by atoms with Crippen molar-refractivity contribution >= 4 is 10.0 Å². The normalized spacial score (nSPS) is 14.9. The van der Waals surface area contributed by atoms with E-state index in [0.717, 1.165) is 0 Å². The summed E-state index contributed by atoms with van der Waals surface area (Å²) in [6.07, 6.45) is 4.07. The van der Waals surface area contributed by atoms with Crippen LogP contribution in [0.2, 0.25) is 0 Å². The zero-order valence-corrected chi connectivity index (χ0v) is 10.2. The van der Waals surface area contributed by atoms with Crippen LogP contribution < -0.4 is 0 Å². The van der Waals surface area contributed by atoms with Crippen LogP contribution >= 0.6 is 0 Å². The van der Waals surface area contributed by atoms with Crippen LogP contribution in [-0.2, 0) is 10.0 Å². The number of hydrogen-bond donors (Lipinski definition) is 0. The molecule has 0 aliphatic carbocycles. The third-order valence-electron chi connectivity index (χ3n) is 2.72. The summed E-state index contributed by atoms with van der Waals surface area (Å²) >= 11 is 0. The van der Waals surface area contributed by atoms with Crippen LogP contribution in [-0.4, -0.2) is 19.3 Å². The van der Waals surface area contributed by atoms with E-state index in [0.29, 0.717) is 18.5 Å². The highest BCUT2D eigenvalue weighted by atomic mass is 32.2. The van der Waals surface area contributed by atoms with E-state index < -0.39 is 10.0 Å². The van der Waals surface area contributed by atoms with Gasteiger partial charge in [-0.15, -0.1) is 0 Å². The third kappa shape index (κ3) is 1.92. The molecule has 0 saturated carbocycles. The molecule has 0 N–H and O–H groups in total. The Morgan fingerprint density at radius 2 is 2.18 bits per heavy atom. The van der Waals surface area contributed by atoms with Crippen LogP contribution in [0.4, 0.5) is 0 Å². The quantitative estimate of drug-likeness (QED) is 0.801. The number of benzene rings is 1. The van der Waals surface area contributed by atoms with E-state index in [1.165, 1.54) is 10.4 Å². The van der Waals surface area contributed by atoms with Crippen molar-refractivity contribution in [2.45, 2.75) is 18.2 Å². The van der Waals surface area contributed by atoms with Gasteiger partial charge < -0.3 is 0 Å². The Labute approximate surface area is 101 Å². The Balaban J connectivity index is 2.58. The molecule has 4 nitrogen and oxygen atoms in total. The summed E-state index contributed by atoms with van der Waals surface area (Å²) in [6, 6.07) is 6.83. The second kappa shape index (κ2) is 4.22. The topological polar surface area (TPSA) is 61.2 Å². The van der Waals surface area contributed by atoms with Crippen molar-refractivity contribution in [2.24, 2.45) is 0 Å². The fourth-order valence-electron chi connectivity index (χ4n) is 1.79. The standard InChI is InChI=1S/C12H12N2O2S/c1-10-5-4-6-12(11(10)9-13)17(15,16)14-7-2-3-8-14/h2,4-7H,3,8H2,1H3. The molecule has 1 aromatic rings. The number of hydrogen-bond acceptors (Lipinski definition) is 3. The molecule has 5 heteroatoms. The minimum absolute atomic E-state index is 0.0894. The van der Waals surface area contributed by atoms with Crippen LogP contribution in [0.1, 0.15) is 17.5 Å². The lowest BCUT2D eigenvalue weighted by Crippen LogP contribution is -2.25. The van der Waals surface area contributed by atoms with Crippen molar-refractivity contribution in [1.29, 1.82) is 5.26 Å². The van der Waals surface area contributed by atoms with Crippen molar-refractivity contribution in [3.8, 4) is 6.07 Å². The van der Waals surface area contributed by atoms with Gasteiger partial charge >= 0.3 is 0 Å². The molecule has 2 rings (SSSR count). The predicted molar refractivity (Wildman–Crippen MR) is 63.5 cm³/mol. The van der Waals surface area contributed by atoms with Crippen molar-refractivity contribution in [3.63, 3.8) is 0 Å². The van der Waals surface area contributed by atoms with Crippen LogP contribution in [0.3, 0.4) is 0 Å². The number of aryl methyl sites for hydroxylation is 1. The van der Waals surface area contributed by atoms with Crippen molar-refractivity contribution < 1.29 is 8.42 Å². The molecule has 0 amide bonds. The summed E-state index contributed by atoms with van der Waals surface area (Å²) < 4.78 is 25.9. The van der Waals surface area contributed by atoms with Gasteiger partial charge in [-0.2, -0.15) is 5.26 Å². The maximum absolute atomic E-state index is 12.3. The first kappa shape index (κ1) is 11.7. The Morgan fingerprint density at radius 3 is 2.76 bits per heavy atom. The summed E-state index contributed by atoms with van der Waals surface area (Å²) in [5.41, 5.74) is 0.907. The SMILES string of the molecule is Cc1cccc(S(=O)(=O)N2C=CCC2)c1C#N. The van der Waals surface area contributed by atoms with Crippen LogP contribution in [0.5, 0.6) is 0 Å². The average Bonchev–Trinajstić information content (AvgIpc) is 2.82. The highest BCUT2D eigenvalue weighted by Gasteiger charge is 2.26. The highest BCUT2D eigenvalue weighted by molar-refractivity contribution is 7.89. The van der Waals surface area contributed by atoms with Crippen molar-refractivity contribution in [2.75, 3.05) is 6.54 Å². The van der Waals surface area contributed by atoms with Crippen LogP contribution in [0.15, 0.2) is 35.4 Å². The molecular weight excluding hydrogens is 236 g/mol. The Hall–Kier alpha value is -1.80. The lowest BCUT2D eigenvalue weighted by molar-refractivity contribution is 0.516. The molecule has 88 valence electrons. The van der Waals surface area contributed by atoms with E-state index >= 15 is 0 Å². The van der Waals surface area contributed by atoms with E-state index in [1.54, 1.807) is 31.3 Å². The summed E-state index contributed by atoms with van der Waals surface area (Å²) in [5, 5.41) is 9.05. The maximum atomic E-state index is 12.3. The molecular formula is C12H12N2O2S. The summed E-state index contributed by atoms with van der Waals surface area (Å²) in [6.45, 7) is 2.18. The van der Waals surface area contributed by atoms with Gasteiger partial charge in [0.25, 0.3) is 10.0 Å². The monoisotopic (exact) mass is 248 g/mol. The molecule has 17 heavy (non-hydrogen) atoms. The summed E-state index contributed by atoms with van der Waals surface area (Å²) in [7, 11) is -3.58. The third-order valence-corrected chi connectivity index (χ3v) is 4.54. The maximum Gasteiger partial charge on any atom is 0.265 e. The van der Waals surface area contributed by atoms with E-state index in [1.807, 2.05) is 6.07 Å². The predicted octanol–water partition coefficient (Wildman–Crippen LogP) is 1.77. The lowest BCUT2D eigenvalue weighted by atomic mass is 10.1. The number of sulfonamides is 1. The second-order valence-corrected chi connectivity index (χ2v) is 5.71. The Morgan fingerprint density at radius 1 is 1.41 bits per heavy atom. The molecule has 0 bridgehead atoms. The molecule has 0 aromatic heterocycles. The fraction of sp³-hybridized carbons (Fsp3) is 0.250. The van der Waals surface area contributed by atoms with Gasteiger partial charge in [0.2, 0.25) is 0 Å². The van der Waals surface area contributed by atoms with Gasteiger partial charge in [0.1, 0.15) is 11.0 Å². The second-order valence-electron chi connectivity index (χ2n) is 3.85. The molecule has 1 aliphatic rings. The molecule has 0 spiro atoms. The first-order valence-electron chi connectivity index (χ1n) is 5.25. The number of nitriles is 1. The molecule has 1 aliphatic heterocycles. The van der Waals surface area contributed by atoms with Gasteiger partial charge in [-0.1, -0.05) is 18.2 Å². The van der Waals surface area contributed by atoms with Gasteiger partial charge in [0.15, 0.2) is 0 Å². The number of nitrogens with zero attached hydrogens (tertiary/aromatic N) is 2. The fourth-order valence-corrected chi connectivity index (χ4v) is 3.35. The first-order chi connectivity index (χ1) is 8.07. The molecule has 0 unspecified atom stereocenters. The molecule has 1 aromatic carbocycles. The molecule has 0 atom stereocenters. The Bertz CT molecular complexity index is 612. The highest BCUT2D eigenvalue weighted by Crippen LogP contribution is 2.24. The minimum Gasteiger partial charge on any atom is -0.273 e. The van der Waals surface area contributed by atoms with Crippen molar-refractivity contribution in [1.82, 2.24) is 4.31 Å². The largest absolute Gasteiger partial charge is 0.273 e. The van der Waals surface area contributed by atoms with E-state index in [-0.39, 0.29) is 10.5 Å². The first-order valence-corrected chi connectivity index (χ1v) is 6.69. The lowest BCUT2D eigenvalue weighted by Gasteiger charge is -2.17. The van der Waals surface area contributed by atoms with Gasteiger partial charge in [0, 0.05) is 12.7 Å². The van der Waals surface area contributed by atoms with E-state index in [2.05, 4.69) is 0 Å². The zero-order valence-electron chi connectivity index (χ0n) is 9.42. The smallest absolute Gasteiger partial charge is 0.265 e. The van der Waals surface area contributed by atoms with E-state index in [9.17, 15) is 8.42 Å². The van der Waals surface area contributed by atoms with Crippen LogP contribution in [0, 0.1) is 18.3 Å². The van der Waals surface area contributed by atoms with E-state index in [4.69, 9.17) is 5.26 Å². The molecule has 0 radical (unpaired) electrons. The van der Waals surface area contributed by atoms with Crippen molar-refractivity contribution in [3.05, 3.63) is 41.6 Å². The minimum atomic E-state index is -3.58. The van der Waals surface area contributed by atoms with Crippen LogP contribution in [0.25, 0.3) is 0 Å². The zero-order chi connectivity index (χ0) is 12.5. The summed E-state index contributed by atoms with van der Waals surface area (Å²) in [5.74, 6) is 0. The Kier molecular flexibility index (Phi) is 2.90. The average molecular weight is 248 g/mol. The van der Waals surface area contributed by atoms with Gasteiger partial charge in [-0.05, 0) is 25.0 Å². The summed E-state index contributed by atoms with van der Waals surface area (Å²) in [4.78, 5) is 0.0894. The van der Waals surface area contributed by atoms with Gasteiger partial charge in [-0.25, -0.2) is 8.42 Å². The van der Waals surface area contributed by atoms with Gasteiger partial charge in [-0.3, -0.25) is 4.31 Å². The molecule has 0 fully saturated rings. The number of rotatable bonds is 2.